The SMILES string of the molecule is CO[C@@]1(NC(=O)C(C(=O)OC(CC(=O)[O-])C[N+](C)(C)C)c2ccc(O)cc2)C(=O)N2C(C(=O)O)=C(CSc3nnnn3C)CO[C@@H]21. The number of likely N-dealkylation sites (N-methyl/N-ethyl adjacent to an activating group) is 1. The third-order valence-corrected chi connectivity index (χ3v) is 8.15. The molecule has 18 nitrogen and oxygen atoms in total. The van der Waals surface area contributed by atoms with Gasteiger partial charge in [0, 0.05) is 32.3 Å². The number of ether oxygens (including phenoxy) is 3. The van der Waals surface area contributed by atoms with Crippen LogP contribution in [-0.2, 0) is 45.2 Å². The minimum Gasteiger partial charge on any atom is -0.550 e. The maximum absolute atomic E-state index is 13.8. The number of aromatic nitrogens is 4. The van der Waals surface area contributed by atoms with Crippen molar-refractivity contribution >= 4 is 41.5 Å². The van der Waals surface area contributed by atoms with Gasteiger partial charge in [0.25, 0.3) is 11.6 Å². The van der Waals surface area contributed by atoms with Crippen molar-refractivity contribution in [3.63, 3.8) is 0 Å². The van der Waals surface area contributed by atoms with E-state index in [-0.39, 0.29) is 46.0 Å². The van der Waals surface area contributed by atoms with Crippen LogP contribution in [0.5, 0.6) is 5.75 Å². The molecule has 248 valence electrons. The lowest BCUT2D eigenvalue weighted by molar-refractivity contribution is -0.873. The number of amides is 2. The second-order valence-electron chi connectivity index (χ2n) is 11.5. The number of aromatic hydroxyl groups is 1. The highest BCUT2D eigenvalue weighted by molar-refractivity contribution is 7.99. The van der Waals surface area contributed by atoms with Crippen LogP contribution in [0.15, 0.2) is 40.7 Å². The Labute approximate surface area is 266 Å². The molecule has 46 heavy (non-hydrogen) atoms. The number of carbonyl (C=O) groups is 5. The zero-order valence-electron chi connectivity index (χ0n) is 25.5. The van der Waals surface area contributed by atoms with Gasteiger partial charge in [-0.15, -0.1) is 5.10 Å². The second kappa shape index (κ2) is 13.4. The fraction of sp³-hybridized carbons (Fsp3) is 0.481. The molecule has 0 radical (unpaired) electrons. The molecule has 4 rings (SSSR count). The predicted octanol–water partition coefficient (Wildman–Crippen LogP) is -2.45. The van der Waals surface area contributed by atoms with Gasteiger partial charge in [0.2, 0.25) is 11.1 Å². The summed E-state index contributed by atoms with van der Waals surface area (Å²) in [5.74, 6) is -7.99. The van der Waals surface area contributed by atoms with Crippen LogP contribution in [-0.4, -0.2) is 135 Å². The van der Waals surface area contributed by atoms with Gasteiger partial charge in [0.05, 0.1) is 27.7 Å². The summed E-state index contributed by atoms with van der Waals surface area (Å²) in [7, 11) is 7.94. The van der Waals surface area contributed by atoms with Crippen LogP contribution < -0.4 is 10.4 Å². The molecule has 1 aromatic heterocycles. The quantitative estimate of drug-likeness (QED) is 0.0475. The van der Waals surface area contributed by atoms with Crippen molar-refractivity contribution in [3.05, 3.63) is 41.1 Å². The predicted molar refractivity (Wildman–Crippen MR) is 152 cm³/mol. The summed E-state index contributed by atoms with van der Waals surface area (Å²) >= 11 is 1.12. The van der Waals surface area contributed by atoms with Crippen molar-refractivity contribution in [2.45, 2.75) is 35.6 Å². The highest BCUT2D eigenvalue weighted by Gasteiger charge is 2.68. The van der Waals surface area contributed by atoms with Gasteiger partial charge in [-0.25, -0.2) is 9.48 Å². The number of carboxylic acids is 2. The number of phenols is 1. The molecule has 2 unspecified atom stereocenters. The number of nitrogens with one attached hydrogen (secondary N) is 1. The number of quaternary nitrogens is 1. The standard InChI is InChI=1S/C27H33N7O11S/c1-32-26(29-30-31-32)46-13-15-12-44-25-27(43-5,24(42)33(25)20(15)22(39)40)28-21(38)19(14-6-8-16(35)9-7-14)23(41)45-17(10-18(36)37)11-34(2,3)4/h6-9,17,19,25H,10-13H2,1-5H3,(H3-,28,35,36,37,38,39,40)/t17?,19?,25-,27+/m1/s1. The average molecular weight is 664 g/mol. The van der Waals surface area contributed by atoms with Crippen molar-refractivity contribution in [1.29, 1.82) is 0 Å². The Bertz CT molecular complexity index is 1560. The summed E-state index contributed by atoms with van der Waals surface area (Å²) in [6.07, 6.45) is -3.25. The molecule has 2 amide bonds. The Hall–Kier alpha value is -4.59. The number of benzene rings is 1. The van der Waals surface area contributed by atoms with Crippen molar-refractivity contribution in [3.8, 4) is 5.75 Å². The molecule has 2 aliphatic rings. The first-order valence-electron chi connectivity index (χ1n) is 13.7. The maximum Gasteiger partial charge on any atom is 0.352 e. The number of carboxylic acid groups (broad SMARTS) is 2. The van der Waals surface area contributed by atoms with Gasteiger partial charge < -0.3 is 44.1 Å². The molecule has 0 saturated carbocycles. The molecule has 2 aliphatic heterocycles. The van der Waals surface area contributed by atoms with E-state index in [1.165, 1.54) is 28.9 Å². The number of tetrazole rings is 1. The lowest BCUT2D eigenvalue weighted by Crippen LogP contribution is -2.82. The number of aliphatic carboxylic acids is 2. The van der Waals surface area contributed by atoms with Crippen molar-refractivity contribution in [2.75, 3.05) is 47.2 Å². The Morgan fingerprint density at radius 3 is 2.46 bits per heavy atom. The van der Waals surface area contributed by atoms with Gasteiger partial charge in [0.1, 0.15) is 18.0 Å². The summed E-state index contributed by atoms with van der Waals surface area (Å²) in [6.45, 7) is -0.193. The summed E-state index contributed by atoms with van der Waals surface area (Å²) in [5, 5.41) is 45.1. The Kier molecular flexibility index (Phi) is 10.00. The molecular weight excluding hydrogens is 630 g/mol. The number of phenolic OH excluding ortho intramolecular Hbond substituents is 1. The average Bonchev–Trinajstić information content (AvgIpc) is 3.38. The molecule has 2 aromatic rings. The fourth-order valence-corrected chi connectivity index (χ4v) is 5.88. The largest absolute Gasteiger partial charge is 0.550 e. The van der Waals surface area contributed by atoms with E-state index in [0.29, 0.717) is 5.16 Å². The summed E-state index contributed by atoms with van der Waals surface area (Å²) in [6, 6.07) is 5.00. The van der Waals surface area contributed by atoms with Crippen LogP contribution in [0.3, 0.4) is 0 Å². The first-order chi connectivity index (χ1) is 21.6. The zero-order chi connectivity index (χ0) is 34.0. The van der Waals surface area contributed by atoms with Gasteiger partial charge in [-0.2, -0.15) is 0 Å². The minimum absolute atomic E-state index is 0.0425. The van der Waals surface area contributed by atoms with E-state index < -0.39 is 60.1 Å². The summed E-state index contributed by atoms with van der Waals surface area (Å²) < 4.78 is 18.3. The number of esters is 1. The van der Waals surface area contributed by atoms with E-state index in [1.807, 2.05) is 0 Å². The molecule has 1 saturated heterocycles. The number of fused-ring (bicyclic) bond motifs is 1. The van der Waals surface area contributed by atoms with Gasteiger partial charge in [-0.05, 0) is 33.7 Å². The van der Waals surface area contributed by atoms with Gasteiger partial charge in [-0.3, -0.25) is 19.3 Å². The van der Waals surface area contributed by atoms with Crippen LogP contribution in [0.2, 0.25) is 0 Å². The van der Waals surface area contributed by atoms with Gasteiger partial charge in [-0.1, -0.05) is 23.9 Å². The minimum atomic E-state index is -2.23. The summed E-state index contributed by atoms with van der Waals surface area (Å²) in [5.41, 5.74) is -2.32. The number of hydrogen-bond acceptors (Lipinski definition) is 14. The molecular formula is C27H33N7O11S. The van der Waals surface area contributed by atoms with E-state index in [1.54, 1.807) is 28.2 Å². The zero-order valence-corrected chi connectivity index (χ0v) is 26.3. The van der Waals surface area contributed by atoms with Crippen LogP contribution in [0.4, 0.5) is 0 Å². The van der Waals surface area contributed by atoms with Crippen molar-refractivity contribution in [1.82, 2.24) is 30.4 Å². The number of methoxy groups -OCH3 is 1. The first-order valence-corrected chi connectivity index (χ1v) is 14.7. The highest BCUT2D eigenvalue weighted by atomic mass is 32.2. The fourth-order valence-electron chi connectivity index (χ4n) is 5.04. The maximum atomic E-state index is 13.8. The van der Waals surface area contributed by atoms with Crippen LogP contribution in [0.25, 0.3) is 0 Å². The van der Waals surface area contributed by atoms with Crippen molar-refractivity contribution in [2.24, 2.45) is 7.05 Å². The lowest BCUT2D eigenvalue weighted by Gasteiger charge is -2.55. The van der Waals surface area contributed by atoms with Gasteiger partial charge in [0.15, 0.2) is 18.2 Å². The van der Waals surface area contributed by atoms with E-state index in [0.717, 1.165) is 23.8 Å². The van der Waals surface area contributed by atoms with Crippen molar-refractivity contribution < 1.29 is 58.0 Å². The first kappa shape index (κ1) is 34.3. The number of nitrogens with zero attached hydrogens (tertiary/aromatic N) is 6. The number of thioether (sulfide) groups is 1. The molecule has 0 aliphatic carbocycles. The topological polar surface area (TPSA) is 235 Å². The molecule has 3 N–H and O–H groups in total. The van der Waals surface area contributed by atoms with Crippen LogP contribution in [0.1, 0.15) is 17.9 Å². The monoisotopic (exact) mass is 663 g/mol. The molecule has 1 fully saturated rings. The summed E-state index contributed by atoms with van der Waals surface area (Å²) in [4.78, 5) is 65.5. The third kappa shape index (κ3) is 7.11. The van der Waals surface area contributed by atoms with E-state index in [9.17, 15) is 39.3 Å². The number of carbonyl (C=O) groups excluding carboxylic acids is 4. The molecule has 0 spiro atoms. The Morgan fingerprint density at radius 2 is 1.91 bits per heavy atom. The number of hydrogen-bond donors (Lipinski definition) is 3. The Morgan fingerprint density at radius 1 is 1.24 bits per heavy atom. The molecule has 4 atom stereocenters. The number of aryl methyl sites for hydroxylation is 1. The highest BCUT2D eigenvalue weighted by Crippen LogP contribution is 2.41. The van der Waals surface area contributed by atoms with Crippen LogP contribution >= 0.6 is 11.8 Å². The van der Waals surface area contributed by atoms with E-state index in [2.05, 4.69) is 20.8 Å². The van der Waals surface area contributed by atoms with Gasteiger partial charge >= 0.3 is 11.9 Å². The Balaban J connectivity index is 1.61. The third-order valence-electron chi connectivity index (χ3n) is 7.05. The smallest absolute Gasteiger partial charge is 0.352 e. The normalized spacial score (nSPS) is 20.8. The van der Waals surface area contributed by atoms with E-state index in [4.69, 9.17) is 14.2 Å². The van der Waals surface area contributed by atoms with E-state index >= 15 is 0 Å². The lowest BCUT2D eigenvalue weighted by atomic mass is 9.92. The molecule has 0 bridgehead atoms. The second-order valence-corrected chi connectivity index (χ2v) is 12.5. The van der Waals surface area contributed by atoms with Crippen LogP contribution in [0, 0.1) is 0 Å². The number of rotatable bonds is 14. The molecule has 1 aromatic carbocycles. The molecule has 3 heterocycles. The molecule has 19 heteroatoms. The number of β-lactam (4-membered cyclic amide) rings is 1.